The first-order valence-electron chi connectivity index (χ1n) is 9.65. The number of nitrogens with one attached hydrogen (secondary N) is 1. The van der Waals surface area contributed by atoms with Crippen molar-refractivity contribution >= 4 is 22.9 Å². The van der Waals surface area contributed by atoms with E-state index in [9.17, 15) is 13.6 Å². The summed E-state index contributed by atoms with van der Waals surface area (Å²) in [6, 6.07) is 11.1. The van der Waals surface area contributed by atoms with E-state index >= 15 is 0 Å². The van der Waals surface area contributed by atoms with Crippen molar-refractivity contribution in [3.63, 3.8) is 0 Å². The maximum atomic E-state index is 13.7. The second-order valence-electron chi connectivity index (χ2n) is 7.08. The van der Waals surface area contributed by atoms with Crippen LogP contribution in [-0.4, -0.2) is 42.1 Å². The molecule has 2 heterocycles. The summed E-state index contributed by atoms with van der Waals surface area (Å²) < 4.78 is 32.3. The van der Waals surface area contributed by atoms with E-state index in [4.69, 9.17) is 4.74 Å². The minimum atomic E-state index is -0.680. The van der Waals surface area contributed by atoms with Crippen molar-refractivity contribution in [2.24, 2.45) is 0 Å². The zero-order valence-corrected chi connectivity index (χ0v) is 17.1. The van der Waals surface area contributed by atoms with Gasteiger partial charge in [0.05, 0.1) is 31.0 Å². The van der Waals surface area contributed by atoms with Crippen molar-refractivity contribution in [1.82, 2.24) is 9.88 Å². The van der Waals surface area contributed by atoms with Crippen LogP contribution in [0.5, 0.6) is 0 Å². The molecule has 1 N–H and O–H groups in total. The lowest BCUT2D eigenvalue weighted by atomic mass is 10.1. The summed E-state index contributed by atoms with van der Waals surface area (Å²) in [5, 5.41) is 5.03. The third-order valence-corrected chi connectivity index (χ3v) is 5.72. The second-order valence-corrected chi connectivity index (χ2v) is 7.94. The Morgan fingerprint density at radius 3 is 2.83 bits per heavy atom. The van der Waals surface area contributed by atoms with Crippen LogP contribution >= 0.6 is 11.3 Å². The van der Waals surface area contributed by atoms with Gasteiger partial charge in [0.15, 0.2) is 0 Å². The summed E-state index contributed by atoms with van der Waals surface area (Å²) >= 11 is 1.45. The lowest BCUT2D eigenvalue weighted by Gasteiger charge is -2.26. The van der Waals surface area contributed by atoms with Gasteiger partial charge in [-0.15, -0.1) is 11.3 Å². The maximum Gasteiger partial charge on any atom is 0.230 e. The number of thiazole rings is 1. The molecule has 2 aromatic carbocycles. The van der Waals surface area contributed by atoms with Gasteiger partial charge in [0, 0.05) is 36.6 Å². The highest BCUT2D eigenvalue weighted by Gasteiger charge is 2.14. The Balaban J connectivity index is 1.40. The van der Waals surface area contributed by atoms with E-state index in [0.29, 0.717) is 5.69 Å². The Morgan fingerprint density at radius 2 is 2.00 bits per heavy atom. The van der Waals surface area contributed by atoms with E-state index in [-0.39, 0.29) is 12.1 Å². The molecule has 5 nitrogen and oxygen atoms in total. The van der Waals surface area contributed by atoms with Crippen LogP contribution in [0, 0.1) is 11.6 Å². The van der Waals surface area contributed by atoms with Crippen LogP contribution in [0.4, 0.5) is 14.5 Å². The molecule has 0 atom stereocenters. The Kier molecular flexibility index (Phi) is 6.47. The molecule has 1 aliphatic heterocycles. The van der Waals surface area contributed by atoms with Crippen molar-refractivity contribution in [2.75, 3.05) is 31.6 Å². The molecule has 3 aromatic rings. The molecule has 8 heteroatoms. The Bertz CT molecular complexity index is 1030. The minimum Gasteiger partial charge on any atom is -0.379 e. The number of benzene rings is 2. The molecule has 0 spiro atoms. The Labute approximate surface area is 177 Å². The molecule has 0 aliphatic carbocycles. The maximum absolute atomic E-state index is 13.7. The lowest BCUT2D eigenvalue weighted by Crippen LogP contribution is -2.35. The van der Waals surface area contributed by atoms with Gasteiger partial charge in [-0.25, -0.2) is 13.8 Å². The molecule has 1 fully saturated rings. The van der Waals surface area contributed by atoms with Crippen LogP contribution in [0.3, 0.4) is 0 Å². The minimum absolute atomic E-state index is 0.0140. The zero-order chi connectivity index (χ0) is 20.9. The van der Waals surface area contributed by atoms with E-state index in [0.717, 1.165) is 61.6 Å². The van der Waals surface area contributed by atoms with Gasteiger partial charge in [-0.1, -0.05) is 18.2 Å². The topological polar surface area (TPSA) is 54.5 Å². The zero-order valence-electron chi connectivity index (χ0n) is 16.2. The standard InChI is InChI=1S/C22H21F2N3O2S/c23-17-4-5-19(24)20(11-17)26-21(28)12-18-14-30-22(25-18)16-3-1-2-15(10-16)13-27-6-8-29-9-7-27/h1-5,10-11,14H,6-9,12-13H2,(H,26,28). The number of morpholine rings is 1. The van der Waals surface area contributed by atoms with E-state index in [1.807, 2.05) is 17.5 Å². The first-order valence-corrected chi connectivity index (χ1v) is 10.5. The average molecular weight is 429 g/mol. The number of aromatic nitrogens is 1. The molecule has 1 saturated heterocycles. The molecule has 0 saturated carbocycles. The van der Waals surface area contributed by atoms with Gasteiger partial charge < -0.3 is 10.1 Å². The van der Waals surface area contributed by atoms with Gasteiger partial charge in [0.1, 0.15) is 16.6 Å². The third kappa shape index (κ3) is 5.27. The number of hydrogen-bond acceptors (Lipinski definition) is 5. The highest BCUT2D eigenvalue weighted by Crippen LogP contribution is 2.25. The fraction of sp³-hybridized carbons (Fsp3) is 0.273. The number of carbonyl (C=O) groups excluding carboxylic acids is 1. The smallest absolute Gasteiger partial charge is 0.230 e. The Morgan fingerprint density at radius 1 is 1.17 bits per heavy atom. The van der Waals surface area contributed by atoms with Crippen LogP contribution in [0.25, 0.3) is 10.6 Å². The summed E-state index contributed by atoms with van der Waals surface area (Å²) in [5.41, 5.74) is 2.60. The number of amides is 1. The first kappa shape index (κ1) is 20.6. The summed E-state index contributed by atoms with van der Waals surface area (Å²) in [4.78, 5) is 19.1. The van der Waals surface area contributed by atoms with E-state index in [1.54, 1.807) is 0 Å². The molecule has 0 bridgehead atoms. The number of anilines is 1. The van der Waals surface area contributed by atoms with Crippen molar-refractivity contribution in [3.8, 4) is 10.6 Å². The summed E-state index contributed by atoms with van der Waals surface area (Å²) in [6.45, 7) is 4.23. The normalized spacial score (nSPS) is 14.6. The SMILES string of the molecule is O=C(Cc1csc(-c2cccc(CN3CCOCC3)c2)n1)Nc1cc(F)ccc1F. The number of carbonyl (C=O) groups is 1. The van der Waals surface area contributed by atoms with E-state index < -0.39 is 17.5 Å². The van der Waals surface area contributed by atoms with E-state index in [1.165, 1.54) is 16.9 Å². The van der Waals surface area contributed by atoms with Crippen LogP contribution in [0.1, 0.15) is 11.3 Å². The molecular formula is C22H21F2N3O2S. The molecule has 4 rings (SSSR count). The second kappa shape index (κ2) is 9.42. The number of nitrogens with zero attached hydrogens (tertiary/aromatic N) is 2. The number of halogens is 2. The molecule has 1 aromatic heterocycles. The molecular weight excluding hydrogens is 408 g/mol. The van der Waals surface area contributed by atoms with Crippen LogP contribution < -0.4 is 5.32 Å². The highest BCUT2D eigenvalue weighted by molar-refractivity contribution is 7.13. The third-order valence-electron chi connectivity index (χ3n) is 4.78. The summed E-state index contributed by atoms with van der Waals surface area (Å²) in [5.74, 6) is -1.74. The molecule has 0 unspecified atom stereocenters. The fourth-order valence-corrected chi connectivity index (χ4v) is 4.11. The van der Waals surface area contributed by atoms with Crippen LogP contribution in [0.15, 0.2) is 47.8 Å². The van der Waals surface area contributed by atoms with Crippen LogP contribution in [-0.2, 0) is 22.5 Å². The predicted octanol–water partition coefficient (Wildman–Crippen LogP) is 4.10. The average Bonchev–Trinajstić information content (AvgIpc) is 3.20. The fourth-order valence-electron chi connectivity index (χ4n) is 3.29. The molecule has 0 radical (unpaired) electrons. The van der Waals surface area contributed by atoms with Gasteiger partial charge in [-0.05, 0) is 23.8 Å². The highest BCUT2D eigenvalue weighted by atomic mass is 32.1. The van der Waals surface area contributed by atoms with Gasteiger partial charge in [0.2, 0.25) is 5.91 Å². The Hall–Kier alpha value is -2.68. The van der Waals surface area contributed by atoms with Gasteiger partial charge in [-0.2, -0.15) is 0 Å². The molecule has 156 valence electrons. The van der Waals surface area contributed by atoms with Gasteiger partial charge in [-0.3, -0.25) is 9.69 Å². The van der Waals surface area contributed by atoms with Gasteiger partial charge in [0.25, 0.3) is 0 Å². The van der Waals surface area contributed by atoms with Crippen LogP contribution in [0.2, 0.25) is 0 Å². The van der Waals surface area contributed by atoms with Gasteiger partial charge >= 0.3 is 0 Å². The lowest BCUT2D eigenvalue weighted by molar-refractivity contribution is -0.115. The number of hydrogen-bond donors (Lipinski definition) is 1. The number of rotatable bonds is 6. The quantitative estimate of drug-likeness (QED) is 0.641. The van der Waals surface area contributed by atoms with Crippen molar-refractivity contribution in [3.05, 3.63) is 70.7 Å². The molecule has 1 amide bonds. The molecule has 30 heavy (non-hydrogen) atoms. The van der Waals surface area contributed by atoms with Crippen molar-refractivity contribution in [1.29, 1.82) is 0 Å². The van der Waals surface area contributed by atoms with E-state index in [2.05, 4.69) is 27.3 Å². The van der Waals surface area contributed by atoms with Crippen molar-refractivity contribution < 1.29 is 18.3 Å². The largest absolute Gasteiger partial charge is 0.379 e. The first-order chi connectivity index (χ1) is 14.6. The summed E-state index contributed by atoms with van der Waals surface area (Å²) in [7, 11) is 0. The monoisotopic (exact) mass is 429 g/mol. The number of ether oxygens (including phenoxy) is 1. The molecule has 1 aliphatic rings. The predicted molar refractivity (Wildman–Crippen MR) is 112 cm³/mol. The van der Waals surface area contributed by atoms with Crippen molar-refractivity contribution in [2.45, 2.75) is 13.0 Å². The summed E-state index contributed by atoms with van der Waals surface area (Å²) in [6.07, 6.45) is -0.0140.